The van der Waals surface area contributed by atoms with E-state index in [0.717, 1.165) is 17.4 Å². The molecule has 0 bridgehead atoms. The molecule has 1 aromatic carbocycles. The van der Waals surface area contributed by atoms with E-state index >= 15 is 0 Å². The molecule has 1 aliphatic heterocycles. The van der Waals surface area contributed by atoms with Crippen LogP contribution in [0.25, 0.3) is 0 Å². The van der Waals surface area contributed by atoms with E-state index < -0.39 is 0 Å². The third-order valence-electron chi connectivity index (χ3n) is 4.69. The lowest BCUT2D eigenvalue weighted by molar-refractivity contribution is 0.171. The van der Waals surface area contributed by atoms with Crippen LogP contribution < -0.4 is 14.8 Å². The maximum atomic E-state index is 5.67. The second-order valence-corrected chi connectivity index (χ2v) is 6.12. The molecule has 2 aliphatic rings. The number of hydrogen-bond donors (Lipinski definition) is 1. The topological polar surface area (TPSA) is 30.5 Å². The third kappa shape index (κ3) is 2.93. The Morgan fingerprint density at radius 3 is 2.50 bits per heavy atom. The van der Waals surface area contributed by atoms with E-state index in [1.54, 1.807) is 0 Å². The first kappa shape index (κ1) is 13.7. The number of fused-ring (bicyclic) bond motifs is 1. The molecule has 0 radical (unpaired) electrons. The summed E-state index contributed by atoms with van der Waals surface area (Å²) >= 11 is 0. The van der Waals surface area contributed by atoms with E-state index in [0.29, 0.717) is 25.3 Å². The molecule has 0 aromatic heterocycles. The average Bonchev–Trinajstić information content (AvgIpc) is 3.01. The van der Waals surface area contributed by atoms with Crippen LogP contribution in [0.15, 0.2) is 18.2 Å². The number of benzene rings is 1. The van der Waals surface area contributed by atoms with Crippen LogP contribution in [-0.4, -0.2) is 19.3 Å². The van der Waals surface area contributed by atoms with Crippen LogP contribution in [0.1, 0.15) is 51.1 Å². The highest BCUT2D eigenvalue weighted by Gasteiger charge is 2.23. The molecular weight excluding hydrogens is 250 g/mol. The molecule has 1 N–H and O–H groups in total. The number of nitrogens with one attached hydrogen (secondary N) is 1. The predicted molar refractivity (Wildman–Crippen MR) is 80.4 cm³/mol. The summed E-state index contributed by atoms with van der Waals surface area (Å²) in [6.07, 6.45) is 5.55. The van der Waals surface area contributed by atoms with Gasteiger partial charge in [0.2, 0.25) is 0 Å². The molecule has 0 spiro atoms. The van der Waals surface area contributed by atoms with Crippen molar-refractivity contribution in [1.82, 2.24) is 5.32 Å². The fraction of sp³-hybridized carbons (Fsp3) is 0.647. The maximum absolute atomic E-state index is 5.67. The van der Waals surface area contributed by atoms with E-state index in [-0.39, 0.29) is 0 Å². The highest BCUT2D eigenvalue weighted by molar-refractivity contribution is 5.44. The molecule has 1 fully saturated rings. The summed E-state index contributed by atoms with van der Waals surface area (Å²) in [5.74, 6) is 2.60. The SMILES string of the molecule is CC(NC(C)C1CCCC1)c1ccc2c(c1)OCCO2. The molecule has 1 heterocycles. The Labute approximate surface area is 121 Å². The van der Waals surface area contributed by atoms with Gasteiger partial charge >= 0.3 is 0 Å². The molecule has 3 nitrogen and oxygen atoms in total. The first-order valence-corrected chi connectivity index (χ1v) is 7.89. The number of rotatable bonds is 4. The van der Waals surface area contributed by atoms with E-state index in [4.69, 9.17) is 9.47 Å². The van der Waals surface area contributed by atoms with Gasteiger partial charge in [-0.3, -0.25) is 0 Å². The lowest BCUT2D eigenvalue weighted by Crippen LogP contribution is -2.34. The van der Waals surface area contributed by atoms with Crippen LogP contribution in [0.3, 0.4) is 0 Å². The summed E-state index contributed by atoms with van der Waals surface area (Å²) in [5.41, 5.74) is 1.28. The lowest BCUT2D eigenvalue weighted by atomic mass is 9.97. The van der Waals surface area contributed by atoms with Crippen molar-refractivity contribution in [3.8, 4) is 11.5 Å². The summed E-state index contributed by atoms with van der Waals surface area (Å²) in [7, 11) is 0. The van der Waals surface area contributed by atoms with Crippen LogP contribution in [-0.2, 0) is 0 Å². The van der Waals surface area contributed by atoms with Crippen molar-refractivity contribution in [2.45, 2.75) is 51.6 Å². The second-order valence-electron chi connectivity index (χ2n) is 6.12. The molecule has 3 rings (SSSR count). The van der Waals surface area contributed by atoms with Gasteiger partial charge in [0.05, 0.1) is 0 Å². The Morgan fingerprint density at radius 1 is 1.05 bits per heavy atom. The second kappa shape index (κ2) is 6.04. The van der Waals surface area contributed by atoms with Crippen LogP contribution >= 0.6 is 0 Å². The van der Waals surface area contributed by atoms with Crippen LogP contribution in [0.5, 0.6) is 11.5 Å². The van der Waals surface area contributed by atoms with Gasteiger partial charge in [0.25, 0.3) is 0 Å². The highest BCUT2D eigenvalue weighted by Crippen LogP contribution is 2.33. The number of ether oxygens (including phenoxy) is 2. The molecule has 2 atom stereocenters. The molecule has 3 heteroatoms. The lowest BCUT2D eigenvalue weighted by Gasteiger charge is -2.26. The third-order valence-corrected chi connectivity index (χ3v) is 4.69. The van der Waals surface area contributed by atoms with Gasteiger partial charge in [-0.15, -0.1) is 0 Å². The standard InChI is InChI=1S/C17H25NO2/c1-12(14-5-3-4-6-14)18-13(2)15-7-8-16-17(11-15)20-10-9-19-16/h7-8,11-14,18H,3-6,9-10H2,1-2H3. The van der Waals surface area contributed by atoms with Crippen molar-refractivity contribution in [2.24, 2.45) is 5.92 Å². The minimum atomic E-state index is 0.349. The van der Waals surface area contributed by atoms with Gasteiger partial charge in [0.15, 0.2) is 11.5 Å². The van der Waals surface area contributed by atoms with E-state index in [2.05, 4.69) is 31.3 Å². The van der Waals surface area contributed by atoms with Gasteiger partial charge < -0.3 is 14.8 Å². The molecule has 20 heavy (non-hydrogen) atoms. The van der Waals surface area contributed by atoms with Crippen LogP contribution in [0.4, 0.5) is 0 Å². The summed E-state index contributed by atoms with van der Waals surface area (Å²) in [4.78, 5) is 0. The first-order valence-electron chi connectivity index (χ1n) is 7.89. The monoisotopic (exact) mass is 275 g/mol. The quantitative estimate of drug-likeness (QED) is 0.909. The summed E-state index contributed by atoms with van der Waals surface area (Å²) < 4.78 is 11.2. The van der Waals surface area contributed by atoms with Crippen LogP contribution in [0.2, 0.25) is 0 Å². The zero-order chi connectivity index (χ0) is 13.9. The van der Waals surface area contributed by atoms with Gasteiger partial charge in [0, 0.05) is 12.1 Å². The largest absolute Gasteiger partial charge is 0.486 e. The fourth-order valence-electron chi connectivity index (χ4n) is 3.41. The molecule has 0 saturated heterocycles. The summed E-state index contributed by atoms with van der Waals surface area (Å²) in [5, 5.41) is 3.75. The van der Waals surface area contributed by atoms with Crippen LogP contribution in [0, 0.1) is 5.92 Å². The van der Waals surface area contributed by atoms with Gasteiger partial charge in [-0.2, -0.15) is 0 Å². The van der Waals surface area contributed by atoms with E-state index in [9.17, 15) is 0 Å². The van der Waals surface area contributed by atoms with Crippen molar-refractivity contribution < 1.29 is 9.47 Å². The first-order chi connectivity index (χ1) is 9.74. The molecule has 1 aromatic rings. The maximum Gasteiger partial charge on any atom is 0.161 e. The van der Waals surface area contributed by atoms with Gasteiger partial charge in [-0.1, -0.05) is 18.9 Å². The Bertz CT molecular complexity index is 454. The van der Waals surface area contributed by atoms with E-state index in [1.807, 2.05) is 6.07 Å². The van der Waals surface area contributed by atoms with Crippen molar-refractivity contribution in [3.63, 3.8) is 0 Å². The summed E-state index contributed by atoms with van der Waals surface area (Å²) in [6, 6.07) is 7.23. The van der Waals surface area contributed by atoms with Crippen molar-refractivity contribution in [1.29, 1.82) is 0 Å². The van der Waals surface area contributed by atoms with Crippen molar-refractivity contribution >= 4 is 0 Å². The minimum Gasteiger partial charge on any atom is -0.486 e. The number of hydrogen-bond acceptors (Lipinski definition) is 3. The molecule has 1 saturated carbocycles. The van der Waals surface area contributed by atoms with Crippen molar-refractivity contribution in [2.75, 3.05) is 13.2 Å². The molecule has 2 unspecified atom stereocenters. The summed E-state index contributed by atoms with van der Waals surface area (Å²) in [6.45, 7) is 5.86. The van der Waals surface area contributed by atoms with E-state index in [1.165, 1.54) is 31.2 Å². The molecular formula is C17H25NO2. The van der Waals surface area contributed by atoms with Crippen molar-refractivity contribution in [3.05, 3.63) is 23.8 Å². The molecule has 1 aliphatic carbocycles. The Balaban J connectivity index is 1.65. The highest BCUT2D eigenvalue weighted by atomic mass is 16.6. The van der Waals surface area contributed by atoms with Gasteiger partial charge in [-0.25, -0.2) is 0 Å². The molecule has 110 valence electrons. The Morgan fingerprint density at radius 2 is 1.75 bits per heavy atom. The minimum absolute atomic E-state index is 0.349. The van der Waals surface area contributed by atoms with Gasteiger partial charge in [0.1, 0.15) is 13.2 Å². The fourth-order valence-corrected chi connectivity index (χ4v) is 3.41. The normalized spacial score (nSPS) is 21.7. The average molecular weight is 275 g/mol. The zero-order valence-corrected chi connectivity index (χ0v) is 12.5. The Hall–Kier alpha value is -1.22. The van der Waals surface area contributed by atoms with Gasteiger partial charge in [-0.05, 0) is 50.3 Å². The predicted octanol–water partition coefficient (Wildman–Crippen LogP) is 3.69. The Kier molecular flexibility index (Phi) is 4.16. The zero-order valence-electron chi connectivity index (χ0n) is 12.5. The smallest absolute Gasteiger partial charge is 0.161 e. The molecule has 0 amide bonds.